The third-order valence-electron chi connectivity index (χ3n) is 2.38. The van der Waals surface area contributed by atoms with Gasteiger partial charge in [0.15, 0.2) is 0 Å². The fraction of sp³-hybridized carbons (Fsp3) is 0.222. The molecule has 0 aliphatic rings. The van der Waals surface area contributed by atoms with Crippen molar-refractivity contribution in [3.63, 3.8) is 0 Å². The molecule has 1 unspecified atom stereocenters. The first-order chi connectivity index (χ1) is 8.00. The van der Waals surface area contributed by atoms with Crippen LogP contribution in [0.2, 0.25) is 0 Å². The van der Waals surface area contributed by atoms with Crippen molar-refractivity contribution in [2.24, 2.45) is 0 Å². The molecular weight excluding hydrogens is 308 g/mol. The highest BCUT2D eigenvalue weighted by atomic mass is 79.9. The minimum absolute atomic E-state index is 0.0759. The summed E-state index contributed by atoms with van der Waals surface area (Å²) in [5.41, 5.74) is 5.54. The van der Waals surface area contributed by atoms with Crippen LogP contribution in [0, 0.1) is 10.1 Å². The van der Waals surface area contributed by atoms with E-state index in [0.717, 1.165) is 9.35 Å². The van der Waals surface area contributed by atoms with E-state index in [1.54, 1.807) is 11.3 Å². The van der Waals surface area contributed by atoms with Gasteiger partial charge in [0.25, 0.3) is 0 Å². The second kappa shape index (κ2) is 4.46. The average molecular weight is 317 g/mol. The lowest BCUT2D eigenvalue weighted by Crippen LogP contribution is -2.10. The molecule has 6 nitrogen and oxygen atoms in total. The second-order valence-corrected chi connectivity index (χ2v) is 5.32. The lowest BCUT2D eigenvalue weighted by atomic mass is 10.3. The molecule has 8 heteroatoms. The number of halogens is 1. The first-order valence-corrected chi connectivity index (χ1v) is 6.39. The zero-order chi connectivity index (χ0) is 12.6. The summed E-state index contributed by atoms with van der Waals surface area (Å²) in [4.78, 5) is 11.2. The largest absolute Gasteiger partial charge is 0.378 e. The molecule has 2 rings (SSSR count). The van der Waals surface area contributed by atoms with E-state index in [0.29, 0.717) is 0 Å². The predicted octanol–water partition coefficient (Wildman–Crippen LogP) is 2.81. The molecular formula is C9H9BrN4O2S. The van der Waals surface area contributed by atoms with Crippen molar-refractivity contribution >= 4 is 38.8 Å². The quantitative estimate of drug-likeness (QED) is 0.696. The summed E-state index contributed by atoms with van der Waals surface area (Å²) >= 11 is 4.91. The van der Waals surface area contributed by atoms with E-state index in [9.17, 15) is 10.1 Å². The van der Waals surface area contributed by atoms with Gasteiger partial charge in [0.2, 0.25) is 5.82 Å². The Morgan fingerprint density at radius 3 is 2.88 bits per heavy atom. The highest BCUT2D eigenvalue weighted by Gasteiger charge is 2.22. The van der Waals surface area contributed by atoms with Crippen LogP contribution in [-0.4, -0.2) is 14.7 Å². The Labute approximate surface area is 109 Å². The average Bonchev–Trinajstić information content (AvgIpc) is 2.83. The van der Waals surface area contributed by atoms with Crippen LogP contribution in [-0.2, 0) is 0 Å². The summed E-state index contributed by atoms with van der Waals surface area (Å²) in [5.74, 6) is 0.0759. The molecule has 0 radical (unpaired) electrons. The van der Waals surface area contributed by atoms with Gasteiger partial charge in [-0.05, 0) is 28.9 Å². The lowest BCUT2D eigenvalue weighted by Gasteiger charge is -2.10. The van der Waals surface area contributed by atoms with E-state index in [2.05, 4.69) is 21.0 Å². The standard InChI is InChI=1S/C9H9BrN4O2S/c1-5(8-2-6(10)4-17-8)13-9(11)7(3-12-13)14(15)16/h2-5H,11H2,1H3. The first-order valence-electron chi connectivity index (χ1n) is 4.72. The normalized spacial score (nSPS) is 12.6. The summed E-state index contributed by atoms with van der Waals surface area (Å²) in [6, 6.07) is 1.82. The molecule has 0 fully saturated rings. The van der Waals surface area contributed by atoms with Crippen molar-refractivity contribution in [3.8, 4) is 0 Å². The van der Waals surface area contributed by atoms with Crippen molar-refractivity contribution in [3.05, 3.63) is 37.1 Å². The molecule has 2 aromatic heterocycles. The number of nitrogens with two attached hydrogens (primary N) is 1. The predicted molar refractivity (Wildman–Crippen MR) is 69.1 cm³/mol. The van der Waals surface area contributed by atoms with Crippen LogP contribution in [0.5, 0.6) is 0 Å². The number of nitrogens with zero attached hydrogens (tertiary/aromatic N) is 3. The monoisotopic (exact) mass is 316 g/mol. The van der Waals surface area contributed by atoms with Crippen LogP contribution >= 0.6 is 27.3 Å². The minimum atomic E-state index is -0.532. The summed E-state index contributed by atoms with van der Waals surface area (Å²) in [6.07, 6.45) is 1.18. The molecule has 0 spiro atoms. The topological polar surface area (TPSA) is 87.0 Å². The highest BCUT2D eigenvalue weighted by molar-refractivity contribution is 9.10. The Morgan fingerprint density at radius 2 is 2.41 bits per heavy atom. The maximum Gasteiger partial charge on any atom is 0.330 e. The molecule has 90 valence electrons. The zero-order valence-corrected chi connectivity index (χ0v) is 11.2. The van der Waals surface area contributed by atoms with Crippen LogP contribution in [0.4, 0.5) is 11.5 Å². The molecule has 2 N–H and O–H groups in total. The van der Waals surface area contributed by atoms with Gasteiger partial charge in [-0.3, -0.25) is 10.1 Å². The van der Waals surface area contributed by atoms with Gasteiger partial charge < -0.3 is 5.73 Å². The zero-order valence-electron chi connectivity index (χ0n) is 8.83. The number of nitro groups is 1. The summed E-state index contributed by atoms with van der Waals surface area (Å²) in [5, 5.41) is 16.6. The second-order valence-electron chi connectivity index (χ2n) is 3.46. The van der Waals surface area contributed by atoms with Gasteiger partial charge in [-0.1, -0.05) is 0 Å². The number of aromatic nitrogens is 2. The van der Waals surface area contributed by atoms with E-state index >= 15 is 0 Å². The molecule has 0 amide bonds. The third-order valence-corrected chi connectivity index (χ3v) is 4.24. The lowest BCUT2D eigenvalue weighted by molar-refractivity contribution is -0.384. The molecule has 0 aliphatic carbocycles. The van der Waals surface area contributed by atoms with Crippen LogP contribution in [0.15, 0.2) is 22.1 Å². The van der Waals surface area contributed by atoms with E-state index in [-0.39, 0.29) is 17.5 Å². The molecule has 0 aromatic carbocycles. The molecule has 0 saturated heterocycles. The number of thiophene rings is 1. The molecule has 0 bridgehead atoms. The van der Waals surface area contributed by atoms with Crippen molar-refractivity contribution in [2.45, 2.75) is 13.0 Å². The van der Waals surface area contributed by atoms with Gasteiger partial charge in [0, 0.05) is 14.7 Å². The van der Waals surface area contributed by atoms with Crippen molar-refractivity contribution < 1.29 is 4.92 Å². The van der Waals surface area contributed by atoms with Gasteiger partial charge in [-0.25, -0.2) is 4.68 Å². The Morgan fingerprint density at radius 1 is 1.71 bits per heavy atom. The van der Waals surface area contributed by atoms with Crippen LogP contribution in [0.25, 0.3) is 0 Å². The summed E-state index contributed by atoms with van der Waals surface area (Å²) in [7, 11) is 0. The van der Waals surface area contributed by atoms with Crippen LogP contribution in [0.1, 0.15) is 17.8 Å². The molecule has 2 heterocycles. The van der Waals surface area contributed by atoms with Gasteiger partial charge in [0.1, 0.15) is 6.20 Å². The van der Waals surface area contributed by atoms with Gasteiger partial charge in [0.05, 0.1) is 11.0 Å². The van der Waals surface area contributed by atoms with Gasteiger partial charge in [-0.15, -0.1) is 11.3 Å². The maximum atomic E-state index is 10.7. The highest BCUT2D eigenvalue weighted by Crippen LogP contribution is 2.31. The minimum Gasteiger partial charge on any atom is -0.378 e. The summed E-state index contributed by atoms with van der Waals surface area (Å²) < 4.78 is 2.43. The summed E-state index contributed by atoms with van der Waals surface area (Å²) in [6.45, 7) is 1.89. The molecule has 1 atom stereocenters. The van der Waals surface area contributed by atoms with Gasteiger partial charge in [-0.2, -0.15) is 5.10 Å². The maximum absolute atomic E-state index is 10.7. The molecule has 0 aliphatic heterocycles. The fourth-order valence-corrected chi connectivity index (χ4v) is 2.97. The van der Waals surface area contributed by atoms with Crippen molar-refractivity contribution in [2.75, 3.05) is 5.73 Å². The van der Waals surface area contributed by atoms with E-state index in [4.69, 9.17) is 5.73 Å². The number of nitrogen functional groups attached to an aromatic ring is 1. The van der Waals surface area contributed by atoms with Crippen LogP contribution < -0.4 is 5.73 Å². The first kappa shape index (κ1) is 12.1. The molecule has 17 heavy (non-hydrogen) atoms. The Balaban J connectivity index is 2.38. The van der Waals surface area contributed by atoms with Crippen molar-refractivity contribution in [1.29, 1.82) is 0 Å². The Hall–Kier alpha value is -1.41. The Bertz CT molecular complexity index is 565. The number of hydrogen-bond donors (Lipinski definition) is 1. The fourth-order valence-electron chi connectivity index (χ4n) is 1.48. The molecule has 0 saturated carbocycles. The number of anilines is 1. The van der Waals surface area contributed by atoms with E-state index < -0.39 is 4.92 Å². The Kier molecular flexibility index (Phi) is 3.16. The smallest absolute Gasteiger partial charge is 0.330 e. The van der Waals surface area contributed by atoms with E-state index in [1.165, 1.54) is 10.9 Å². The SMILES string of the molecule is CC(c1cc(Br)cs1)n1ncc([N+](=O)[O-])c1N. The van der Waals surface area contributed by atoms with Gasteiger partial charge >= 0.3 is 5.69 Å². The number of rotatable bonds is 3. The number of hydrogen-bond acceptors (Lipinski definition) is 5. The van der Waals surface area contributed by atoms with E-state index in [1.807, 2.05) is 18.4 Å². The van der Waals surface area contributed by atoms with Crippen molar-refractivity contribution in [1.82, 2.24) is 9.78 Å². The third kappa shape index (κ3) is 2.18. The molecule has 2 aromatic rings. The van der Waals surface area contributed by atoms with Crippen LogP contribution in [0.3, 0.4) is 0 Å².